The van der Waals surface area contributed by atoms with Crippen LogP contribution in [-0.4, -0.2) is 33.6 Å². The number of hydrogen-bond donors (Lipinski definition) is 1. The molecule has 0 radical (unpaired) electrons. The second-order valence-electron chi connectivity index (χ2n) is 8.50. The van der Waals surface area contributed by atoms with Gasteiger partial charge in [-0.1, -0.05) is 20.8 Å². The molecule has 5 nitrogen and oxygen atoms in total. The molecule has 0 amide bonds. The van der Waals surface area contributed by atoms with E-state index < -0.39 is 12.0 Å². The summed E-state index contributed by atoms with van der Waals surface area (Å²) >= 11 is 7.91. The predicted molar refractivity (Wildman–Crippen MR) is 105 cm³/mol. The highest BCUT2D eigenvalue weighted by atomic mass is 35.5. The van der Waals surface area contributed by atoms with Crippen molar-refractivity contribution in [1.82, 2.24) is 9.97 Å². The summed E-state index contributed by atoms with van der Waals surface area (Å²) < 4.78 is 0. The lowest BCUT2D eigenvalue weighted by molar-refractivity contribution is -0.138. The molecule has 1 saturated heterocycles. The number of fused-ring (bicyclic) bond motifs is 3. The standard InChI is InChI=1S/C19H24ClN3O2S/c1-19(2,3)10-6-7-11-13(9-10)26-16-14(11)15(21-18(20)22-16)23-8-4-5-12(23)17(24)25/h10,12H,4-9H2,1-3H3,(H,24,25). The minimum Gasteiger partial charge on any atom is -0.480 e. The van der Waals surface area contributed by atoms with Crippen molar-refractivity contribution in [2.75, 3.05) is 11.4 Å². The molecule has 3 heterocycles. The maximum atomic E-state index is 11.7. The van der Waals surface area contributed by atoms with Gasteiger partial charge in [-0.15, -0.1) is 11.3 Å². The molecule has 1 aliphatic carbocycles. The van der Waals surface area contributed by atoms with Crippen molar-refractivity contribution >= 4 is 44.9 Å². The van der Waals surface area contributed by atoms with Crippen LogP contribution in [0.3, 0.4) is 0 Å². The lowest BCUT2D eigenvalue weighted by Gasteiger charge is -2.34. The molecule has 1 fully saturated rings. The number of carboxylic acid groups (broad SMARTS) is 1. The second kappa shape index (κ2) is 6.34. The fourth-order valence-electron chi connectivity index (χ4n) is 4.36. The molecule has 4 rings (SSSR count). The second-order valence-corrected chi connectivity index (χ2v) is 9.92. The molecule has 0 bridgehead atoms. The Labute approximate surface area is 162 Å². The summed E-state index contributed by atoms with van der Waals surface area (Å²) in [6, 6.07) is -0.523. The number of aryl methyl sites for hydroxylation is 1. The van der Waals surface area contributed by atoms with Gasteiger partial charge in [-0.25, -0.2) is 9.78 Å². The SMILES string of the molecule is CC(C)(C)C1CCc2c(sc3nc(Cl)nc(N4CCCC4C(=O)O)c23)C1. The molecular weight excluding hydrogens is 370 g/mol. The van der Waals surface area contributed by atoms with E-state index in [0.29, 0.717) is 18.9 Å². The summed E-state index contributed by atoms with van der Waals surface area (Å²) in [6.45, 7) is 7.62. The number of nitrogens with zero attached hydrogens (tertiary/aromatic N) is 3. The Morgan fingerprint density at radius 1 is 1.31 bits per heavy atom. The van der Waals surface area contributed by atoms with E-state index in [0.717, 1.165) is 41.7 Å². The molecule has 2 aromatic heterocycles. The summed E-state index contributed by atoms with van der Waals surface area (Å²) in [4.78, 5) is 24.8. The van der Waals surface area contributed by atoms with Crippen LogP contribution >= 0.6 is 22.9 Å². The molecule has 0 spiro atoms. The topological polar surface area (TPSA) is 66.3 Å². The zero-order valence-electron chi connectivity index (χ0n) is 15.4. The van der Waals surface area contributed by atoms with Gasteiger partial charge in [-0.05, 0) is 60.6 Å². The first-order valence-corrected chi connectivity index (χ1v) is 10.4. The summed E-state index contributed by atoms with van der Waals surface area (Å²) in [5, 5.41) is 10.8. The Morgan fingerprint density at radius 3 is 2.77 bits per heavy atom. The van der Waals surface area contributed by atoms with E-state index in [1.54, 1.807) is 11.3 Å². The largest absolute Gasteiger partial charge is 0.480 e. The van der Waals surface area contributed by atoms with Crippen molar-refractivity contribution in [1.29, 1.82) is 0 Å². The zero-order chi connectivity index (χ0) is 18.6. The number of carbonyl (C=O) groups is 1. The number of rotatable bonds is 2. The lowest BCUT2D eigenvalue weighted by atomic mass is 9.72. The van der Waals surface area contributed by atoms with Crippen molar-refractivity contribution in [2.45, 2.75) is 58.9 Å². The summed E-state index contributed by atoms with van der Waals surface area (Å²) in [5.41, 5.74) is 1.59. The van der Waals surface area contributed by atoms with Crippen LogP contribution in [0.2, 0.25) is 5.28 Å². The normalized spacial score (nSPS) is 23.5. The Morgan fingerprint density at radius 2 is 2.08 bits per heavy atom. The molecule has 2 atom stereocenters. The monoisotopic (exact) mass is 393 g/mol. The highest BCUT2D eigenvalue weighted by Gasteiger charge is 2.36. The Hall–Kier alpha value is -1.40. The molecule has 1 N–H and O–H groups in total. The molecule has 7 heteroatoms. The van der Waals surface area contributed by atoms with Crippen LogP contribution in [0.5, 0.6) is 0 Å². The molecule has 0 aromatic carbocycles. The first kappa shape index (κ1) is 18.0. The number of thiophene rings is 1. The van der Waals surface area contributed by atoms with E-state index in [4.69, 9.17) is 11.6 Å². The molecule has 2 unspecified atom stereocenters. The van der Waals surface area contributed by atoms with Crippen LogP contribution in [0.4, 0.5) is 5.82 Å². The van der Waals surface area contributed by atoms with Gasteiger partial charge >= 0.3 is 5.97 Å². The number of anilines is 1. The smallest absolute Gasteiger partial charge is 0.326 e. The fourth-order valence-corrected chi connectivity index (χ4v) is 5.87. The molecule has 1 aliphatic heterocycles. The maximum absolute atomic E-state index is 11.7. The third kappa shape index (κ3) is 2.97. The van der Waals surface area contributed by atoms with E-state index in [9.17, 15) is 9.90 Å². The van der Waals surface area contributed by atoms with E-state index in [1.165, 1.54) is 10.4 Å². The number of carboxylic acids is 1. The zero-order valence-corrected chi connectivity index (χ0v) is 17.0. The van der Waals surface area contributed by atoms with Crippen molar-refractivity contribution in [3.63, 3.8) is 0 Å². The van der Waals surface area contributed by atoms with Gasteiger partial charge in [0.2, 0.25) is 5.28 Å². The van der Waals surface area contributed by atoms with E-state index in [1.807, 2.05) is 4.90 Å². The van der Waals surface area contributed by atoms with Crippen molar-refractivity contribution < 1.29 is 9.90 Å². The van der Waals surface area contributed by atoms with Gasteiger partial charge in [-0.2, -0.15) is 4.98 Å². The van der Waals surface area contributed by atoms with Gasteiger partial charge in [-0.3, -0.25) is 0 Å². The first-order valence-electron chi connectivity index (χ1n) is 9.23. The summed E-state index contributed by atoms with van der Waals surface area (Å²) in [5.74, 6) is 0.576. The first-order chi connectivity index (χ1) is 12.3. The van der Waals surface area contributed by atoms with Crippen LogP contribution in [0, 0.1) is 11.3 Å². The molecule has 2 aliphatic rings. The van der Waals surface area contributed by atoms with Crippen molar-refractivity contribution in [2.24, 2.45) is 11.3 Å². The average Bonchev–Trinajstić information content (AvgIpc) is 3.16. The summed E-state index contributed by atoms with van der Waals surface area (Å²) in [6.07, 6.45) is 4.71. The van der Waals surface area contributed by atoms with Crippen LogP contribution < -0.4 is 4.90 Å². The van der Waals surface area contributed by atoms with Gasteiger partial charge in [0.05, 0.1) is 5.39 Å². The lowest BCUT2D eigenvalue weighted by Crippen LogP contribution is -2.36. The van der Waals surface area contributed by atoms with Gasteiger partial charge in [0.25, 0.3) is 0 Å². The minimum absolute atomic E-state index is 0.203. The minimum atomic E-state index is -0.790. The number of aromatic nitrogens is 2. The van der Waals surface area contributed by atoms with E-state index in [-0.39, 0.29) is 10.7 Å². The van der Waals surface area contributed by atoms with Crippen molar-refractivity contribution in [3.05, 3.63) is 15.7 Å². The van der Waals surface area contributed by atoms with Crippen LogP contribution in [0.15, 0.2) is 0 Å². The quantitative estimate of drug-likeness (QED) is 0.758. The van der Waals surface area contributed by atoms with Gasteiger partial charge < -0.3 is 10.0 Å². The fraction of sp³-hybridized carbons (Fsp3) is 0.632. The predicted octanol–water partition coefficient (Wildman–Crippen LogP) is 4.55. The van der Waals surface area contributed by atoms with E-state index in [2.05, 4.69) is 30.7 Å². The van der Waals surface area contributed by atoms with Gasteiger partial charge in [0.1, 0.15) is 16.7 Å². The third-order valence-corrected chi connectivity index (χ3v) is 7.21. The van der Waals surface area contributed by atoms with Crippen molar-refractivity contribution in [3.8, 4) is 0 Å². The number of aliphatic carboxylic acids is 1. The summed E-state index contributed by atoms with van der Waals surface area (Å²) in [7, 11) is 0. The number of hydrogen-bond acceptors (Lipinski definition) is 5. The number of halogens is 1. The van der Waals surface area contributed by atoms with Gasteiger partial charge in [0, 0.05) is 11.4 Å². The Balaban J connectivity index is 1.83. The van der Waals surface area contributed by atoms with Crippen LogP contribution in [0.25, 0.3) is 10.2 Å². The van der Waals surface area contributed by atoms with Crippen LogP contribution in [-0.2, 0) is 17.6 Å². The molecule has 140 valence electrons. The Kier molecular flexibility index (Phi) is 4.39. The van der Waals surface area contributed by atoms with Gasteiger partial charge in [0.15, 0.2) is 0 Å². The highest BCUT2D eigenvalue weighted by Crippen LogP contribution is 2.46. The average molecular weight is 394 g/mol. The molecule has 0 saturated carbocycles. The molecule has 26 heavy (non-hydrogen) atoms. The maximum Gasteiger partial charge on any atom is 0.326 e. The molecular formula is C19H24ClN3O2S. The van der Waals surface area contributed by atoms with E-state index >= 15 is 0 Å². The van der Waals surface area contributed by atoms with Crippen LogP contribution in [0.1, 0.15) is 50.5 Å². The molecule has 2 aromatic rings. The Bertz CT molecular complexity index is 874. The third-order valence-electron chi connectivity index (χ3n) is 5.90. The highest BCUT2D eigenvalue weighted by molar-refractivity contribution is 7.19.